The van der Waals surface area contributed by atoms with Crippen LogP contribution in [0.2, 0.25) is 0 Å². The summed E-state index contributed by atoms with van der Waals surface area (Å²) in [6, 6.07) is 8.87. The molecular weight excluding hydrogens is 324 g/mol. The number of nitrogens with zero attached hydrogens (tertiary/aromatic N) is 3. The molecule has 0 fully saturated rings. The van der Waals surface area contributed by atoms with Gasteiger partial charge in [-0.05, 0) is 24.3 Å². The third kappa shape index (κ3) is 3.42. The molecule has 0 spiro atoms. The van der Waals surface area contributed by atoms with Gasteiger partial charge in [-0.15, -0.1) is 10.2 Å². The predicted molar refractivity (Wildman–Crippen MR) is 87.0 cm³/mol. The lowest BCUT2D eigenvalue weighted by atomic mass is 10.2. The number of fused-ring (bicyclic) bond motifs is 1. The fraction of sp³-hybridized carbons (Fsp3) is 0.176. The van der Waals surface area contributed by atoms with Crippen LogP contribution in [0.15, 0.2) is 47.1 Å². The highest BCUT2D eigenvalue weighted by atomic mass is 16.7. The van der Waals surface area contributed by atoms with Crippen molar-refractivity contribution in [3.05, 3.63) is 48.6 Å². The summed E-state index contributed by atoms with van der Waals surface area (Å²) < 4.78 is 16.1. The molecule has 0 saturated carbocycles. The highest BCUT2D eigenvalue weighted by molar-refractivity contribution is 5.91. The number of hydrogen-bond acceptors (Lipinski definition) is 7. The number of hydrogen-bond donors (Lipinski definition) is 1. The van der Waals surface area contributed by atoms with E-state index >= 15 is 0 Å². The van der Waals surface area contributed by atoms with Crippen molar-refractivity contribution in [2.24, 2.45) is 0 Å². The lowest BCUT2D eigenvalue weighted by Crippen LogP contribution is -2.12. The van der Waals surface area contributed by atoms with Crippen molar-refractivity contribution in [3.8, 4) is 23.0 Å². The Labute approximate surface area is 142 Å². The van der Waals surface area contributed by atoms with E-state index < -0.39 is 0 Å². The minimum atomic E-state index is -0.153. The van der Waals surface area contributed by atoms with Crippen LogP contribution in [-0.4, -0.2) is 27.9 Å². The first-order valence-electron chi connectivity index (χ1n) is 7.70. The Hall–Kier alpha value is -3.42. The average molecular weight is 338 g/mol. The average Bonchev–Trinajstić information content (AvgIpc) is 3.30. The van der Waals surface area contributed by atoms with Gasteiger partial charge in [-0.3, -0.25) is 9.78 Å². The van der Waals surface area contributed by atoms with Gasteiger partial charge in [-0.25, -0.2) is 0 Å². The molecule has 8 nitrogen and oxygen atoms in total. The molecular formula is C17H14N4O4. The highest BCUT2D eigenvalue weighted by Crippen LogP contribution is 2.34. The summed E-state index contributed by atoms with van der Waals surface area (Å²) in [5.41, 5.74) is 1.39. The minimum Gasteiger partial charge on any atom is -0.454 e. The van der Waals surface area contributed by atoms with Crippen LogP contribution in [0.5, 0.6) is 11.5 Å². The third-order valence-corrected chi connectivity index (χ3v) is 3.60. The summed E-state index contributed by atoms with van der Waals surface area (Å²) in [6.07, 6.45) is 3.89. The monoisotopic (exact) mass is 338 g/mol. The van der Waals surface area contributed by atoms with Crippen molar-refractivity contribution in [3.63, 3.8) is 0 Å². The van der Waals surface area contributed by atoms with E-state index in [1.54, 1.807) is 36.7 Å². The van der Waals surface area contributed by atoms with Gasteiger partial charge in [-0.1, -0.05) is 0 Å². The number of amides is 1. The van der Waals surface area contributed by atoms with Gasteiger partial charge < -0.3 is 19.2 Å². The van der Waals surface area contributed by atoms with E-state index in [1.807, 2.05) is 6.07 Å². The van der Waals surface area contributed by atoms with Crippen molar-refractivity contribution < 1.29 is 18.7 Å². The maximum Gasteiger partial charge on any atom is 0.249 e. The molecule has 2 aromatic heterocycles. The van der Waals surface area contributed by atoms with E-state index in [0.717, 1.165) is 5.56 Å². The normalized spacial score (nSPS) is 12.2. The van der Waals surface area contributed by atoms with Gasteiger partial charge in [0.25, 0.3) is 0 Å². The second-order valence-corrected chi connectivity index (χ2v) is 5.36. The zero-order valence-corrected chi connectivity index (χ0v) is 13.1. The van der Waals surface area contributed by atoms with E-state index in [1.165, 1.54) is 0 Å². The standard InChI is InChI=1S/C17H14N4O4/c22-15(19-12-3-4-13-14(8-12)24-10-23-13)5-6-16-20-21-17(25-16)11-2-1-7-18-9-11/h1-4,7-9H,5-6,10H2,(H,19,22). The maximum atomic E-state index is 12.1. The van der Waals surface area contributed by atoms with Crippen molar-refractivity contribution in [1.29, 1.82) is 0 Å². The highest BCUT2D eigenvalue weighted by Gasteiger charge is 2.15. The van der Waals surface area contributed by atoms with Gasteiger partial charge >= 0.3 is 0 Å². The Balaban J connectivity index is 1.34. The second-order valence-electron chi connectivity index (χ2n) is 5.36. The Kier molecular flexibility index (Phi) is 3.99. The zero-order chi connectivity index (χ0) is 17.1. The largest absolute Gasteiger partial charge is 0.454 e. The van der Waals surface area contributed by atoms with Crippen LogP contribution < -0.4 is 14.8 Å². The number of anilines is 1. The Morgan fingerprint density at radius 3 is 2.96 bits per heavy atom. The molecule has 0 unspecified atom stereocenters. The molecule has 1 aliphatic heterocycles. The summed E-state index contributed by atoms with van der Waals surface area (Å²) in [7, 11) is 0. The summed E-state index contributed by atoms with van der Waals surface area (Å²) >= 11 is 0. The number of aromatic nitrogens is 3. The van der Waals surface area contributed by atoms with Gasteiger partial charge in [0.15, 0.2) is 11.5 Å². The van der Waals surface area contributed by atoms with Crippen molar-refractivity contribution in [2.45, 2.75) is 12.8 Å². The molecule has 126 valence electrons. The fourth-order valence-corrected chi connectivity index (χ4v) is 2.38. The van der Waals surface area contributed by atoms with E-state index in [4.69, 9.17) is 13.9 Å². The van der Waals surface area contributed by atoms with Gasteiger partial charge in [-0.2, -0.15) is 0 Å². The number of carbonyl (C=O) groups is 1. The topological polar surface area (TPSA) is 99.4 Å². The van der Waals surface area contributed by atoms with E-state index in [0.29, 0.717) is 35.4 Å². The quantitative estimate of drug-likeness (QED) is 0.762. The van der Waals surface area contributed by atoms with Crippen LogP contribution in [-0.2, 0) is 11.2 Å². The van der Waals surface area contributed by atoms with Gasteiger partial charge in [0.1, 0.15) is 0 Å². The summed E-state index contributed by atoms with van der Waals surface area (Å²) in [5, 5.41) is 10.7. The summed E-state index contributed by atoms with van der Waals surface area (Å²) in [6.45, 7) is 0.198. The van der Waals surface area contributed by atoms with Crippen LogP contribution in [0.1, 0.15) is 12.3 Å². The second kappa shape index (κ2) is 6.60. The SMILES string of the molecule is O=C(CCc1nnc(-c2cccnc2)o1)Nc1ccc2c(c1)OCO2. The van der Waals surface area contributed by atoms with Crippen LogP contribution in [0, 0.1) is 0 Å². The molecule has 0 radical (unpaired) electrons. The van der Waals surface area contributed by atoms with Gasteiger partial charge in [0.2, 0.25) is 24.5 Å². The number of rotatable bonds is 5. The third-order valence-electron chi connectivity index (χ3n) is 3.60. The van der Waals surface area contributed by atoms with Crippen LogP contribution in [0.25, 0.3) is 11.5 Å². The molecule has 1 amide bonds. The van der Waals surface area contributed by atoms with Gasteiger partial charge in [0, 0.05) is 37.0 Å². The summed E-state index contributed by atoms with van der Waals surface area (Å²) in [5.74, 6) is 1.93. The van der Waals surface area contributed by atoms with Crippen molar-refractivity contribution in [2.75, 3.05) is 12.1 Å². The number of benzene rings is 1. The van der Waals surface area contributed by atoms with Crippen molar-refractivity contribution >= 4 is 11.6 Å². The number of nitrogens with one attached hydrogen (secondary N) is 1. The number of carbonyl (C=O) groups excluding carboxylic acids is 1. The molecule has 1 aromatic carbocycles. The first kappa shape index (κ1) is 15.1. The lowest BCUT2D eigenvalue weighted by molar-refractivity contribution is -0.116. The molecule has 0 aliphatic carbocycles. The molecule has 0 saturated heterocycles. The Morgan fingerprint density at radius 2 is 2.08 bits per heavy atom. The smallest absolute Gasteiger partial charge is 0.249 e. The number of aryl methyl sites for hydroxylation is 1. The lowest BCUT2D eigenvalue weighted by Gasteiger charge is -2.05. The molecule has 0 bridgehead atoms. The first-order valence-corrected chi connectivity index (χ1v) is 7.70. The molecule has 3 heterocycles. The van der Waals surface area contributed by atoms with E-state index in [2.05, 4.69) is 20.5 Å². The number of pyridine rings is 1. The zero-order valence-electron chi connectivity index (χ0n) is 13.1. The van der Waals surface area contributed by atoms with Crippen LogP contribution in [0.4, 0.5) is 5.69 Å². The molecule has 1 N–H and O–H groups in total. The molecule has 3 aromatic rings. The number of ether oxygens (including phenoxy) is 2. The van der Waals surface area contributed by atoms with E-state index in [9.17, 15) is 4.79 Å². The minimum absolute atomic E-state index is 0.153. The fourth-order valence-electron chi connectivity index (χ4n) is 2.38. The van der Waals surface area contributed by atoms with Crippen LogP contribution in [0.3, 0.4) is 0 Å². The van der Waals surface area contributed by atoms with Crippen molar-refractivity contribution in [1.82, 2.24) is 15.2 Å². The molecule has 8 heteroatoms. The van der Waals surface area contributed by atoms with Crippen LogP contribution >= 0.6 is 0 Å². The summed E-state index contributed by atoms with van der Waals surface area (Å²) in [4.78, 5) is 16.1. The first-order chi connectivity index (χ1) is 12.3. The van der Waals surface area contributed by atoms with E-state index in [-0.39, 0.29) is 19.1 Å². The maximum absolute atomic E-state index is 12.1. The predicted octanol–water partition coefficient (Wildman–Crippen LogP) is 2.43. The molecule has 0 atom stereocenters. The van der Waals surface area contributed by atoms with Gasteiger partial charge in [0.05, 0.1) is 5.56 Å². The molecule has 4 rings (SSSR count). The Bertz CT molecular complexity index is 895. The Morgan fingerprint density at radius 1 is 1.16 bits per heavy atom. The molecule has 1 aliphatic rings. The molecule has 25 heavy (non-hydrogen) atoms.